The molecule has 0 radical (unpaired) electrons. The Morgan fingerprint density at radius 3 is 2.10 bits per heavy atom. The van der Waals surface area contributed by atoms with E-state index < -0.39 is 27.6 Å². The lowest BCUT2D eigenvalue weighted by Crippen LogP contribution is -2.19. The van der Waals surface area contributed by atoms with Gasteiger partial charge in [0.2, 0.25) is 10.0 Å². The molecule has 1 fully saturated rings. The van der Waals surface area contributed by atoms with E-state index in [0.717, 1.165) is 0 Å². The molecular weight excluding hydrogens is 164 g/mol. The summed E-state index contributed by atoms with van der Waals surface area (Å²) in [7, 11) is -3.71. The smallest absolute Gasteiger partial charge is 0.229 e. The quantitative estimate of drug-likeness (QED) is 0.632. The van der Waals surface area contributed by atoms with E-state index in [1.54, 1.807) is 0 Å². The number of nitrogens with two attached hydrogens (primary N) is 1. The lowest BCUT2D eigenvalue weighted by molar-refractivity contribution is 0.103. The van der Waals surface area contributed by atoms with Crippen LogP contribution >= 0.6 is 0 Å². The summed E-state index contributed by atoms with van der Waals surface area (Å²) in [6.07, 6.45) is -0.344. The van der Waals surface area contributed by atoms with Crippen molar-refractivity contribution in [1.29, 1.82) is 0 Å². The van der Waals surface area contributed by atoms with Crippen LogP contribution in [0.5, 0.6) is 0 Å². The molecule has 1 atom stereocenters. The fourth-order valence-electron chi connectivity index (χ4n) is 0.731. The van der Waals surface area contributed by atoms with Gasteiger partial charge in [-0.15, -0.1) is 0 Å². The van der Waals surface area contributed by atoms with Crippen LogP contribution in [0.2, 0.25) is 0 Å². The lowest BCUT2D eigenvalue weighted by atomic mass is 10.5. The van der Waals surface area contributed by atoms with Gasteiger partial charge in [-0.05, 0) is 0 Å². The minimum atomic E-state index is -3.71. The largest absolute Gasteiger partial charge is 0.252 e. The van der Waals surface area contributed by atoms with Crippen molar-refractivity contribution in [3.8, 4) is 0 Å². The van der Waals surface area contributed by atoms with Gasteiger partial charge in [0.25, 0.3) is 5.92 Å². The van der Waals surface area contributed by atoms with Crippen molar-refractivity contribution in [3.05, 3.63) is 0 Å². The highest BCUT2D eigenvalue weighted by atomic mass is 32.2. The second-order valence-corrected chi connectivity index (χ2v) is 4.15. The van der Waals surface area contributed by atoms with E-state index >= 15 is 0 Å². The van der Waals surface area contributed by atoms with Crippen molar-refractivity contribution >= 4 is 10.0 Å². The zero-order valence-corrected chi connectivity index (χ0v) is 5.87. The van der Waals surface area contributed by atoms with E-state index in [9.17, 15) is 17.2 Å². The Morgan fingerprint density at radius 1 is 1.60 bits per heavy atom. The van der Waals surface area contributed by atoms with Crippen molar-refractivity contribution in [2.75, 3.05) is 5.75 Å². The molecule has 1 rings (SSSR count). The number of hydrogen-bond donors (Lipinski definition) is 1. The van der Waals surface area contributed by atoms with Gasteiger partial charge in [-0.1, -0.05) is 0 Å². The summed E-state index contributed by atoms with van der Waals surface area (Å²) in [5.74, 6) is -4.42. The van der Waals surface area contributed by atoms with E-state index in [4.69, 9.17) is 0 Å². The Kier molecular flexibility index (Phi) is 1.48. The first-order valence-electron chi connectivity index (χ1n) is 2.69. The molecule has 10 heavy (non-hydrogen) atoms. The first-order chi connectivity index (χ1) is 4.31. The van der Waals surface area contributed by atoms with Gasteiger partial charge in [0, 0.05) is 12.3 Å². The maximum atomic E-state index is 12.0. The summed E-state index contributed by atoms with van der Waals surface area (Å²) < 4.78 is 44.4. The molecule has 1 aliphatic rings. The molecule has 1 aliphatic carbocycles. The zero-order chi connectivity index (χ0) is 7.99. The molecule has 0 saturated heterocycles. The average molecular weight is 171 g/mol. The SMILES string of the molecule is NS(=O)(=O)CC1CC1(F)F. The molecular formula is C4H7F2NO2S. The van der Waals surface area contributed by atoms with Crippen molar-refractivity contribution in [3.63, 3.8) is 0 Å². The molecule has 0 bridgehead atoms. The molecule has 0 aromatic heterocycles. The summed E-state index contributed by atoms with van der Waals surface area (Å²) >= 11 is 0. The molecule has 60 valence electrons. The highest BCUT2D eigenvalue weighted by Crippen LogP contribution is 2.48. The van der Waals surface area contributed by atoms with Gasteiger partial charge in [-0.2, -0.15) is 0 Å². The average Bonchev–Trinajstić information content (AvgIpc) is 2.05. The third-order valence-electron chi connectivity index (χ3n) is 1.39. The van der Waals surface area contributed by atoms with Gasteiger partial charge in [0.15, 0.2) is 0 Å². The van der Waals surface area contributed by atoms with Gasteiger partial charge in [0.05, 0.1) is 5.75 Å². The summed E-state index contributed by atoms with van der Waals surface area (Å²) in [5, 5.41) is 4.54. The van der Waals surface area contributed by atoms with Crippen molar-refractivity contribution in [2.24, 2.45) is 11.1 Å². The summed E-state index contributed by atoms with van der Waals surface area (Å²) in [5.41, 5.74) is 0. The fourth-order valence-corrected chi connectivity index (χ4v) is 1.65. The first kappa shape index (κ1) is 7.87. The molecule has 0 amide bonds. The number of sulfonamides is 1. The van der Waals surface area contributed by atoms with Crippen LogP contribution in [-0.2, 0) is 10.0 Å². The second-order valence-electron chi connectivity index (χ2n) is 2.49. The number of rotatable bonds is 2. The molecule has 6 heteroatoms. The van der Waals surface area contributed by atoms with E-state index in [1.165, 1.54) is 0 Å². The van der Waals surface area contributed by atoms with Crippen LogP contribution in [0, 0.1) is 5.92 Å². The van der Waals surface area contributed by atoms with Gasteiger partial charge in [-0.25, -0.2) is 22.3 Å². The van der Waals surface area contributed by atoms with Crippen LogP contribution in [0.4, 0.5) is 8.78 Å². The molecule has 0 heterocycles. The minimum Gasteiger partial charge on any atom is -0.229 e. The molecule has 0 aromatic carbocycles. The topological polar surface area (TPSA) is 60.2 Å². The van der Waals surface area contributed by atoms with Gasteiger partial charge in [-0.3, -0.25) is 0 Å². The van der Waals surface area contributed by atoms with E-state index in [2.05, 4.69) is 5.14 Å². The van der Waals surface area contributed by atoms with Crippen molar-refractivity contribution in [2.45, 2.75) is 12.3 Å². The van der Waals surface area contributed by atoms with Gasteiger partial charge < -0.3 is 0 Å². The van der Waals surface area contributed by atoms with Crippen molar-refractivity contribution < 1.29 is 17.2 Å². The Hall–Kier alpha value is -0.230. The lowest BCUT2D eigenvalue weighted by Gasteiger charge is -1.94. The molecule has 1 unspecified atom stereocenters. The number of halogens is 2. The predicted octanol–water partition coefficient (Wildman–Crippen LogP) is -0.0699. The fraction of sp³-hybridized carbons (Fsp3) is 1.00. The zero-order valence-electron chi connectivity index (χ0n) is 5.05. The van der Waals surface area contributed by atoms with Crippen LogP contribution < -0.4 is 5.14 Å². The molecule has 2 N–H and O–H groups in total. The number of alkyl halides is 2. The Bertz CT molecular complexity index is 236. The Morgan fingerprint density at radius 2 is 2.00 bits per heavy atom. The highest BCUT2D eigenvalue weighted by molar-refractivity contribution is 7.89. The third kappa shape index (κ3) is 1.88. The van der Waals surface area contributed by atoms with Gasteiger partial charge in [0.1, 0.15) is 0 Å². The number of primary sulfonamides is 1. The van der Waals surface area contributed by atoms with Crippen molar-refractivity contribution in [1.82, 2.24) is 0 Å². The summed E-state index contributed by atoms with van der Waals surface area (Å²) in [6, 6.07) is 0. The normalized spacial score (nSPS) is 30.1. The van der Waals surface area contributed by atoms with Crippen LogP contribution in [0.3, 0.4) is 0 Å². The number of hydrogen-bond acceptors (Lipinski definition) is 2. The van der Waals surface area contributed by atoms with E-state index in [-0.39, 0.29) is 6.42 Å². The predicted molar refractivity (Wildman–Crippen MR) is 31.0 cm³/mol. The summed E-state index contributed by atoms with van der Waals surface area (Å²) in [4.78, 5) is 0. The first-order valence-corrected chi connectivity index (χ1v) is 4.41. The third-order valence-corrected chi connectivity index (χ3v) is 2.26. The van der Waals surface area contributed by atoms with E-state index in [1.807, 2.05) is 0 Å². The van der Waals surface area contributed by atoms with Crippen LogP contribution in [0.1, 0.15) is 6.42 Å². The molecule has 0 spiro atoms. The standard InChI is InChI=1S/C4H7F2NO2S/c5-4(6)1-3(4)2-10(7,8)9/h3H,1-2H2,(H2,7,8,9). The maximum absolute atomic E-state index is 12.0. The highest BCUT2D eigenvalue weighted by Gasteiger charge is 2.57. The summed E-state index contributed by atoms with van der Waals surface area (Å²) in [6.45, 7) is 0. The maximum Gasteiger partial charge on any atom is 0.252 e. The monoisotopic (exact) mass is 171 g/mol. The van der Waals surface area contributed by atoms with Crippen LogP contribution in [-0.4, -0.2) is 20.1 Å². The van der Waals surface area contributed by atoms with E-state index in [0.29, 0.717) is 0 Å². The Balaban J connectivity index is 2.46. The van der Waals surface area contributed by atoms with Crippen LogP contribution in [0.25, 0.3) is 0 Å². The minimum absolute atomic E-state index is 0.344. The molecule has 0 aromatic rings. The van der Waals surface area contributed by atoms with Gasteiger partial charge >= 0.3 is 0 Å². The molecule has 1 saturated carbocycles. The molecule has 0 aliphatic heterocycles. The van der Waals surface area contributed by atoms with Crippen LogP contribution in [0.15, 0.2) is 0 Å². The second kappa shape index (κ2) is 1.88. The molecule has 3 nitrogen and oxygen atoms in total. The Labute approximate surface area is 57.3 Å².